The Labute approximate surface area is 111 Å². The number of hydrogen-bond acceptors (Lipinski definition) is 3. The van der Waals surface area contributed by atoms with Crippen molar-refractivity contribution >= 4 is 39.1 Å². The molecule has 0 saturated carbocycles. The summed E-state index contributed by atoms with van der Waals surface area (Å²) in [6.07, 6.45) is 5.51. The molecule has 1 fully saturated rings. The van der Waals surface area contributed by atoms with Gasteiger partial charge in [-0.1, -0.05) is 0 Å². The Balaban J connectivity index is 2.03. The number of nitrogens with zero attached hydrogens (tertiary/aromatic N) is 3. The van der Waals surface area contributed by atoms with Gasteiger partial charge in [0.1, 0.15) is 0 Å². The fourth-order valence-electron chi connectivity index (χ4n) is 1.93. The van der Waals surface area contributed by atoms with E-state index >= 15 is 0 Å². The summed E-state index contributed by atoms with van der Waals surface area (Å²) < 4.78 is 2.67. The van der Waals surface area contributed by atoms with E-state index in [4.69, 9.17) is 0 Å². The Kier molecular flexibility index (Phi) is 2.55. The predicted molar refractivity (Wildman–Crippen MR) is 68.4 cm³/mol. The number of pyridine rings is 1. The highest BCUT2D eigenvalue weighted by Gasteiger charge is 2.24. The minimum Gasteiger partial charge on any atom is -0.303 e. The van der Waals surface area contributed by atoms with Crippen LogP contribution in [0.5, 0.6) is 0 Å². The Morgan fingerprint density at radius 1 is 1.39 bits per heavy atom. The van der Waals surface area contributed by atoms with Crippen LogP contribution >= 0.6 is 15.9 Å². The predicted octanol–water partition coefficient (Wildman–Crippen LogP) is 1.54. The second-order valence-corrected chi connectivity index (χ2v) is 4.84. The molecule has 3 heterocycles. The quantitative estimate of drug-likeness (QED) is 0.869. The number of aromatic nitrogens is 2. The first-order valence-corrected chi connectivity index (χ1v) is 6.17. The standard InChI is InChI=1S/C11H9BrN4O2/c12-8-3-7(5-15-6-13-4-9(8)15)16-2-1-10(17)14-11(16)18/h3-6H,1-2H2,(H,14,17,18). The molecule has 0 aromatic carbocycles. The number of rotatable bonds is 1. The van der Waals surface area contributed by atoms with Gasteiger partial charge in [0.2, 0.25) is 5.91 Å². The van der Waals surface area contributed by atoms with Crippen LogP contribution in [0.25, 0.3) is 5.52 Å². The first-order chi connectivity index (χ1) is 8.65. The molecule has 3 rings (SSSR count). The molecule has 0 atom stereocenters. The molecule has 2 aromatic heterocycles. The van der Waals surface area contributed by atoms with E-state index in [9.17, 15) is 9.59 Å². The van der Waals surface area contributed by atoms with Gasteiger partial charge in [0.15, 0.2) is 0 Å². The molecule has 0 spiro atoms. The number of urea groups is 1. The summed E-state index contributed by atoms with van der Waals surface area (Å²) in [5, 5.41) is 2.30. The van der Waals surface area contributed by atoms with Gasteiger partial charge in [-0.15, -0.1) is 0 Å². The SMILES string of the molecule is O=C1CCN(c2cc(Br)c3cncn3c2)C(=O)N1. The number of imidazole rings is 1. The lowest BCUT2D eigenvalue weighted by Crippen LogP contribution is -2.49. The van der Waals surface area contributed by atoms with Crippen molar-refractivity contribution in [1.29, 1.82) is 0 Å². The normalized spacial score (nSPS) is 16.2. The molecule has 1 N–H and O–H groups in total. The van der Waals surface area contributed by atoms with Gasteiger partial charge in [-0.2, -0.15) is 0 Å². The van der Waals surface area contributed by atoms with Crippen molar-refractivity contribution in [3.8, 4) is 0 Å². The van der Waals surface area contributed by atoms with Crippen molar-refractivity contribution in [3.63, 3.8) is 0 Å². The summed E-state index contributed by atoms with van der Waals surface area (Å²) in [6, 6.07) is 1.45. The fourth-order valence-corrected chi connectivity index (χ4v) is 2.48. The van der Waals surface area contributed by atoms with Gasteiger partial charge < -0.3 is 4.40 Å². The van der Waals surface area contributed by atoms with E-state index < -0.39 is 6.03 Å². The minimum atomic E-state index is -0.391. The van der Waals surface area contributed by atoms with Crippen LogP contribution in [0.3, 0.4) is 0 Å². The molecule has 7 heteroatoms. The van der Waals surface area contributed by atoms with Gasteiger partial charge >= 0.3 is 6.03 Å². The Bertz CT molecular complexity index is 652. The van der Waals surface area contributed by atoms with E-state index in [1.807, 2.05) is 16.7 Å². The molecule has 18 heavy (non-hydrogen) atoms. The van der Waals surface area contributed by atoms with Crippen LogP contribution < -0.4 is 10.2 Å². The molecular formula is C11H9BrN4O2. The van der Waals surface area contributed by atoms with Crippen LogP contribution in [0.15, 0.2) is 29.3 Å². The average molecular weight is 309 g/mol. The van der Waals surface area contributed by atoms with Gasteiger partial charge in [-0.3, -0.25) is 15.0 Å². The lowest BCUT2D eigenvalue weighted by Gasteiger charge is -2.26. The fraction of sp³-hybridized carbons (Fsp3) is 0.182. The van der Waals surface area contributed by atoms with Gasteiger partial charge in [0.25, 0.3) is 0 Å². The number of hydrogen-bond donors (Lipinski definition) is 1. The molecule has 3 amide bonds. The zero-order valence-electron chi connectivity index (χ0n) is 9.26. The van der Waals surface area contributed by atoms with Crippen molar-refractivity contribution in [3.05, 3.63) is 29.3 Å². The van der Waals surface area contributed by atoms with Crippen LogP contribution in [-0.2, 0) is 4.79 Å². The second kappa shape index (κ2) is 4.09. The molecule has 1 aliphatic heterocycles. The summed E-state index contributed by atoms with van der Waals surface area (Å²) in [6.45, 7) is 0.386. The van der Waals surface area contributed by atoms with Crippen LogP contribution in [0, 0.1) is 0 Å². The van der Waals surface area contributed by atoms with Crippen LogP contribution in [0.4, 0.5) is 10.5 Å². The second-order valence-electron chi connectivity index (χ2n) is 3.99. The third-order valence-corrected chi connectivity index (χ3v) is 3.46. The Morgan fingerprint density at radius 3 is 3.00 bits per heavy atom. The van der Waals surface area contributed by atoms with Crippen molar-refractivity contribution in [1.82, 2.24) is 14.7 Å². The van der Waals surface area contributed by atoms with Crippen molar-refractivity contribution in [2.45, 2.75) is 6.42 Å². The van der Waals surface area contributed by atoms with Crippen LogP contribution in [0.1, 0.15) is 6.42 Å². The van der Waals surface area contributed by atoms with Gasteiger partial charge in [0, 0.05) is 23.6 Å². The van der Waals surface area contributed by atoms with E-state index in [0.717, 1.165) is 15.7 Å². The summed E-state index contributed by atoms with van der Waals surface area (Å²) in [7, 11) is 0. The van der Waals surface area contributed by atoms with E-state index in [1.165, 1.54) is 4.90 Å². The number of carbonyl (C=O) groups is 2. The van der Waals surface area contributed by atoms with Gasteiger partial charge in [-0.05, 0) is 22.0 Å². The zero-order chi connectivity index (χ0) is 12.7. The summed E-state index contributed by atoms with van der Waals surface area (Å²) >= 11 is 3.44. The highest BCUT2D eigenvalue weighted by Crippen LogP contribution is 2.25. The number of amides is 3. The van der Waals surface area contributed by atoms with E-state index in [-0.39, 0.29) is 5.91 Å². The first kappa shape index (κ1) is 11.2. The number of imide groups is 1. The van der Waals surface area contributed by atoms with Crippen LogP contribution in [0.2, 0.25) is 0 Å². The Morgan fingerprint density at radius 2 is 2.22 bits per heavy atom. The molecule has 0 bridgehead atoms. The summed E-state index contributed by atoms with van der Waals surface area (Å²) in [5.74, 6) is -0.237. The summed E-state index contributed by atoms with van der Waals surface area (Å²) in [5.41, 5.74) is 1.64. The highest BCUT2D eigenvalue weighted by atomic mass is 79.9. The largest absolute Gasteiger partial charge is 0.328 e. The monoisotopic (exact) mass is 308 g/mol. The van der Waals surface area contributed by atoms with Crippen molar-refractivity contribution in [2.75, 3.05) is 11.4 Å². The minimum absolute atomic E-state index is 0.237. The number of fused-ring (bicyclic) bond motifs is 1. The van der Waals surface area contributed by atoms with E-state index in [1.54, 1.807) is 12.5 Å². The average Bonchev–Trinajstić information content (AvgIpc) is 2.77. The molecule has 1 saturated heterocycles. The smallest absolute Gasteiger partial charge is 0.303 e. The zero-order valence-corrected chi connectivity index (χ0v) is 10.8. The summed E-state index contributed by atoms with van der Waals surface area (Å²) in [4.78, 5) is 28.4. The number of carbonyl (C=O) groups excluding carboxylic acids is 2. The number of halogens is 1. The third kappa shape index (κ3) is 1.76. The first-order valence-electron chi connectivity index (χ1n) is 5.38. The van der Waals surface area contributed by atoms with E-state index in [0.29, 0.717) is 13.0 Å². The topological polar surface area (TPSA) is 66.7 Å². The lowest BCUT2D eigenvalue weighted by molar-refractivity contribution is -0.120. The van der Waals surface area contributed by atoms with E-state index in [2.05, 4.69) is 26.2 Å². The number of nitrogens with one attached hydrogen (secondary N) is 1. The molecule has 1 aliphatic rings. The molecule has 92 valence electrons. The lowest BCUT2D eigenvalue weighted by atomic mass is 10.2. The maximum Gasteiger partial charge on any atom is 0.328 e. The third-order valence-electron chi connectivity index (χ3n) is 2.82. The Hall–Kier alpha value is -1.89. The maximum atomic E-state index is 11.7. The van der Waals surface area contributed by atoms with Gasteiger partial charge in [0.05, 0.1) is 23.7 Å². The molecule has 2 aromatic rings. The van der Waals surface area contributed by atoms with Crippen molar-refractivity contribution in [2.24, 2.45) is 0 Å². The maximum absolute atomic E-state index is 11.7. The van der Waals surface area contributed by atoms with Crippen molar-refractivity contribution < 1.29 is 9.59 Å². The number of anilines is 1. The van der Waals surface area contributed by atoms with Gasteiger partial charge in [-0.25, -0.2) is 9.78 Å². The molecular weight excluding hydrogens is 300 g/mol. The highest BCUT2D eigenvalue weighted by molar-refractivity contribution is 9.10. The molecule has 6 nitrogen and oxygen atoms in total. The molecule has 0 aliphatic carbocycles. The molecule has 0 radical (unpaired) electrons. The van der Waals surface area contributed by atoms with Crippen LogP contribution in [-0.4, -0.2) is 27.9 Å². The molecule has 0 unspecified atom stereocenters.